The second-order valence-electron chi connectivity index (χ2n) is 8.91. The minimum atomic E-state index is -4.57. The van der Waals surface area contributed by atoms with Crippen molar-refractivity contribution in [1.82, 2.24) is 14.9 Å². The van der Waals surface area contributed by atoms with Crippen LogP contribution in [0.2, 0.25) is 0 Å². The number of anilines is 1. The summed E-state index contributed by atoms with van der Waals surface area (Å²) >= 11 is 1.58. The van der Waals surface area contributed by atoms with Gasteiger partial charge in [0.15, 0.2) is 0 Å². The molecule has 0 aliphatic rings. The summed E-state index contributed by atoms with van der Waals surface area (Å²) in [7, 11) is 3.97. The van der Waals surface area contributed by atoms with E-state index in [1.165, 1.54) is 37.3 Å². The second-order valence-corrected chi connectivity index (χ2v) is 10.1. The number of nitrogens with two attached hydrogens (primary N) is 2. The Kier molecular flexibility index (Phi) is 7.70. The van der Waals surface area contributed by atoms with Crippen LogP contribution in [0.15, 0.2) is 60.8 Å². The molecular formula is C27H26F3N5O2S. The van der Waals surface area contributed by atoms with Crippen LogP contribution in [0.3, 0.4) is 0 Å². The van der Waals surface area contributed by atoms with Crippen LogP contribution in [0, 0.1) is 0 Å². The highest BCUT2D eigenvalue weighted by molar-refractivity contribution is 7.15. The number of amides is 1. The van der Waals surface area contributed by atoms with Crippen LogP contribution < -0.4 is 16.2 Å². The van der Waals surface area contributed by atoms with Crippen molar-refractivity contribution in [3.05, 3.63) is 82.4 Å². The molecule has 0 aliphatic heterocycles. The molecule has 0 saturated carbocycles. The minimum absolute atomic E-state index is 0.00970. The Morgan fingerprint density at radius 2 is 1.87 bits per heavy atom. The number of halogens is 3. The molecular weight excluding hydrogens is 515 g/mol. The normalized spacial score (nSPS) is 12.5. The van der Waals surface area contributed by atoms with E-state index >= 15 is 0 Å². The van der Waals surface area contributed by atoms with Crippen LogP contribution in [0.25, 0.3) is 21.8 Å². The zero-order chi connectivity index (χ0) is 27.6. The predicted molar refractivity (Wildman–Crippen MR) is 142 cm³/mol. The standard InChI is InChI=1S/C27H26F3N5O2S/c1-15(18-6-4-5-7-20(18)27(28,29)30)37-22-12-16(8-10-19(22)26(32)36)24-25(31)33-13-21(34-24)23-11-9-17(38-23)14-35(2)3/h4-13,15H,14H2,1-3H3,(H2,31,33)(H2,32,36). The van der Waals surface area contributed by atoms with Crippen molar-refractivity contribution in [3.8, 4) is 27.6 Å². The first-order valence-corrected chi connectivity index (χ1v) is 12.4. The summed E-state index contributed by atoms with van der Waals surface area (Å²) < 4.78 is 46.6. The highest BCUT2D eigenvalue weighted by atomic mass is 32.1. The molecule has 11 heteroatoms. The Hall–Kier alpha value is -3.96. The van der Waals surface area contributed by atoms with Crippen molar-refractivity contribution >= 4 is 23.1 Å². The summed E-state index contributed by atoms with van der Waals surface area (Å²) in [6.45, 7) is 2.25. The molecule has 0 aliphatic carbocycles. The first-order valence-electron chi connectivity index (χ1n) is 11.6. The number of rotatable bonds is 8. The van der Waals surface area contributed by atoms with Gasteiger partial charge in [-0.2, -0.15) is 13.2 Å². The molecule has 4 aromatic rings. The Morgan fingerprint density at radius 1 is 1.13 bits per heavy atom. The lowest BCUT2D eigenvalue weighted by atomic mass is 10.0. The molecule has 1 amide bonds. The molecule has 0 spiro atoms. The topological polar surface area (TPSA) is 107 Å². The Balaban J connectivity index is 1.72. The van der Waals surface area contributed by atoms with Crippen LogP contribution in [-0.2, 0) is 12.7 Å². The molecule has 1 atom stereocenters. The minimum Gasteiger partial charge on any atom is -0.485 e. The maximum atomic E-state index is 13.6. The van der Waals surface area contributed by atoms with Gasteiger partial charge in [-0.15, -0.1) is 11.3 Å². The molecule has 2 heterocycles. The molecule has 2 aromatic heterocycles. The summed E-state index contributed by atoms with van der Waals surface area (Å²) in [5.74, 6) is -0.634. The third-order valence-corrected chi connectivity index (χ3v) is 6.81. The molecule has 4 rings (SSSR count). The van der Waals surface area contributed by atoms with Crippen molar-refractivity contribution in [2.75, 3.05) is 19.8 Å². The van der Waals surface area contributed by atoms with E-state index in [2.05, 4.69) is 9.88 Å². The van der Waals surface area contributed by atoms with Gasteiger partial charge in [-0.1, -0.05) is 24.3 Å². The van der Waals surface area contributed by atoms with Crippen molar-refractivity contribution in [3.63, 3.8) is 0 Å². The molecule has 0 saturated heterocycles. The third kappa shape index (κ3) is 5.95. The molecule has 38 heavy (non-hydrogen) atoms. The average molecular weight is 542 g/mol. The molecule has 7 nitrogen and oxygen atoms in total. The number of nitrogen functional groups attached to an aromatic ring is 1. The lowest BCUT2D eigenvalue weighted by Gasteiger charge is -2.21. The number of hydrogen-bond donors (Lipinski definition) is 2. The molecule has 0 fully saturated rings. The summed E-state index contributed by atoms with van der Waals surface area (Å²) in [5.41, 5.74) is 12.2. The molecule has 198 valence electrons. The summed E-state index contributed by atoms with van der Waals surface area (Å²) in [6, 6.07) is 13.6. The first kappa shape index (κ1) is 27.1. The monoisotopic (exact) mass is 541 g/mol. The molecule has 4 N–H and O–H groups in total. The molecule has 1 unspecified atom stereocenters. The smallest absolute Gasteiger partial charge is 0.416 e. The lowest BCUT2D eigenvalue weighted by Crippen LogP contribution is -2.17. The Bertz CT molecular complexity index is 1470. The highest BCUT2D eigenvalue weighted by Crippen LogP contribution is 2.38. The number of aromatic nitrogens is 2. The van der Waals surface area contributed by atoms with E-state index in [9.17, 15) is 18.0 Å². The van der Waals surface area contributed by atoms with E-state index in [1.54, 1.807) is 23.6 Å². The molecule has 2 aromatic carbocycles. The van der Waals surface area contributed by atoms with Crippen molar-refractivity contribution in [2.24, 2.45) is 5.73 Å². The van der Waals surface area contributed by atoms with Crippen LogP contribution in [0.5, 0.6) is 5.75 Å². The average Bonchev–Trinajstić information content (AvgIpc) is 3.31. The second kappa shape index (κ2) is 10.8. The number of carbonyl (C=O) groups excluding carboxylic acids is 1. The van der Waals surface area contributed by atoms with Crippen molar-refractivity contribution in [2.45, 2.75) is 25.7 Å². The number of benzene rings is 2. The van der Waals surface area contributed by atoms with E-state index in [-0.39, 0.29) is 22.7 Å². The lowest BCUT2D eigenvalue weighted by molar-refractivity contribution is -0.139. The Morgan fingerprint density at radius 3 is 2.55 bits per heavy atom. The van der Waals surface area contributed by atoms with Gasteiger partial charge in [0.05, 0.1) is 27.9 Å². The van der Waals surface area contributed by atoms with Gasteiger partial charge in [0.25, 0.3) is 5.91 Å². The number of alkyl halides is 3. The maximum Gasteiger partial charge on any atom is 0.416 e. The van der Waals surface area contributed by atoms with E-state index in [1.807, 2.05) is 26.2 Å². The number of hydrogen-bond acceptors (Lipinski definition) is 7. The van der Waals surface area contributed by atoms with Crippen LogP contribution in [0.1, 0.15) is 39.4 Å². The van der Waals surface area contributed by atoms with Gasteiger partial charge in [0, 0.05) is 22.5 Å². The summed E-state index contributed by atoms with van der Waals surface area (Å²) in [4.78, 5) is 25.2. The number of nitrogens with zero attached hydrogens (tertiary/aromatic N) is 3. The first-order chi connectivity index (χ1) is 17.9. The summed E-state index contributed by atoms with van der Waals surface area (Å²) in [5, 5.41) is 0. The van der Waals surface area contributed by atoms with Gasteiger partial charge in [0.2, 0.25) is 0 Å². The fourth-order valence-corrected chi connectivity index (χ4v) is 5.06. The van der Waals surface area contributed by atoms with Gasteiger partial charge >= 0.3 is 6.18 Å². The SMILES string of the molecule is CC(Oc1cc(-c2nc(-c3ccc(CN(C)C)s3)cnc2N)ccc1C(N)=O)c1ccccc1C(F)(F)F. The van der Waals surface area contributed by atoms with Gasteiger partial charge in [0.1, 0.15) is 23.4 Å². The van der Waals surface area contributed by atoms with Gasteiger partial charge in [-0.25, -0.2) is 9.97 Å². The fraction of sp³-hybridized carbons (Fsp3) is 0.222. The van der Waals surface area contributed by atoms with Gasteiger partial charge in [-0.05, 0) is 51.4 Å². The maximum absolute atomic E-state index is 13.6. The molecule has 0 bridgehead atoms. The Labute approximate surface area is 221 Å². The zero-order valence-electron chi connectivity index (χ0n) is 20.9. The van der Waals surface area contributed by atoms with Crippen LogP contribution in [-0.4, -0.2) is 34.9 Å². The summed E-state index contributed by atoms with van der Waals surface area (Å²) in [6.07, 6.45) is -4.03. The highest BCUT2D eigenvalue weighted by Gasteiger charge is 2.34. The number of ether oxygens (including phenoxy) is 1. The number of carbonyl (C=O) groups is 1. The van der Waals surface area contributed by atoms with Gasteiger partial charge < -0.3 is 21.1 Å². The molecule has 0 radical (unpaired) electrons. The largest absolute Gasteiger partial charge is 0.485 e. The fourth-order valence-electron chi connectivity index (χ4n) is 3.98. The zero-order valence-corrected chi connectivity index (χ0v) is 21.7. The van der Waals surface area contributed by atoms with Crippen LogP contribution in [0.4, 0.5) is 19.0 Å². The van der Waals surface area contributed by atoms with Crippen molar-refractivity contribution in [1.29, 1.82) is 0 Å². The number of primary amides is 1. The van der Waals surface area contributed by atoms with Crippen LogP contribution >= 0.6 is 11.3 Å². The van der Waals surface area contributed by atoms with E-state index in [4.69, 9.17) is 21.2 Å². The quantitative estimate of drug-likeness (QED) is 0.293. The van der Waals surface area contributed by atoms with Crippen molar-refractivity contribution < 1.29 is 22.7 Å². The third-order valence-electron chi connectivity index (χ3n) is 5.72. The number of thiophene rings is 1. The van der Waals surface area contributed by atoms with Gasteiger partial charge in [-0.3, -0.25) is 4.79 Å². The van der Waals surface area contributed by atoms with E-state index in [0.717, 1.165) is 22.4 Å². The predicted octanol–water partition coefficient (Wildman–Crippen LogP) is 5.77. The van der Waals surface area contributed by atoms with E-state index < -0.39 is 23.8 Å². The van der Waals surface area contributed by atoms with E-state index in [0.29, 0.717) is 17.0 Å².